The highest BCUT2D eigenvalue weighted by molar-refractivity contribution is 5.65. The lowest BCUT2D eigenvalue weighted by molar-refractivity contribution is -0.141. The monoisotopic (exact) mass is 208 g/mol. The van der Waals surface area contributed by atoms with Crippen LogP contribution in [0.25, 0.3) is 0 Å². The van der Waals surface area contributed by atoms with Crippen LogP contribution in [0.5, 0.6) is 0 Å². The maximum atomic E-state index is 10.1. The van der Waals surface area contributed by atoms with Crippen molar-refractivity contribution in [1.82, 2.24) is 0 Å². The molecule has 0 heterocycles. The summed E-state index contributed by atoms with van der Waals surface area (Å²) in [5.74, 6) is -0.182. The Labute approximate surface area is 92.3 Å². The summed E-state index contributed by atoms with van der Waals surface area (Å²) in [7, 11) is 0. The zero-order valence-electron chi connectivity index (χ0n) is 9.82. The first-order valence-corrected chi connectivity index (χ1v) is 5.31. The predicted molar refractivity (Wildman–Crippen MR) is 62.7 cm³/mol. The summed E-state index contributed by atoms with van der Waals surface area (Å²) in [6, 6.07) is 10.3. The van der Waals surface area contributed by atoms with E-state index in [0.29, 0.717) is 6.61 Å². The van der Waals surface area contributed by atoms with Crippen LogP contribution < -0.4 is 0 Å². The largest absolute Gasteiger partial charge is 0.466 e. The van der Waals surface area contributed by atoms with Gasteiger partial charge >= 0.3 is 5.97 Å². The Bertz CT molecular complexity index is 254. The van der Waals surface area contributed by atoms with E-state index < -0.39 is 0 Å². The summed E-state index contributed by atoms with van der Waals surface area (Å²) in [4.78, 5) is 10.1. The number of carbonyl (C=O) groups excluding carboxylic acids is 1. The summed E-state index contributed by atoms with van der Waals surface area (Å²) < 4.78 is 4.64. The van der Waals surface area contributed by atoms with Crippen LogP contribution in [0.1, 0.15) is 32.3 Å². The molecule has 0 saturated heterocycles. The summed E-state index contributed by atoms with van der Waals surface area (Å²) >= 11 is 0. The lowest BCUT2D eigenvalue weighted by atomic mass is 10.2. The van der Waals surface area contributed by atoms with Crippen molar-refractivity contribution in [3.8, 4) is 0 Å². The van der Waals surface area contributed by atoms with Crippen molar-refractivity contribution in [1.29, 1.82) is 0 Å². The normalized spacial score (nSPS) is 8.73. The van der Waals surface area contributed by atoms with Gasteiger partial charge in [0.15, 0.2) is 0 Å². The molecule has 2 nitrogen and oxygen atoms in total. The van der Waals surface area contributed by atoms with E-state index in [1.807, 2.05) is 18.2 Å². The molecule has 84 valence electrons. The van der Waals surface area contributed by atoms with E-state index >= 15 is 0 Å². The molecule has 0 aliphatic rings. The van der Waals surface area contributed by atoms with Crippen molar-refractivity contribution in [2.24, 2.45) is 0 Å². The Morgan fingerprint density at radius 1 is 1.27 bits per heavy atom. The van der Waals surface area contributed by atoms with Crippen molar-refractivity contribution in [2.45, 2.75) is 33.6 Å². The summed E-state index contributed by atoms with van der Waals surface area (Å²) in [5, 5.41) is 0. The fraction of sp³-hybridized carbons (Fsp3) is 0.462. The van der Waals surface area contributed by atoms with Crippen molar-refractivity contribution in [3.63, 3.8) is 0 Å². The van der Waals surface area contributed by atoms with Gasteiger partial charge in [0.05, 0.1) is 6.61 Å². The zero-order chi connectivity index (χ0) is 11.5. The average Bonchev–Trinajstić information content (AvgIpc) is 2.20. The van der Waals surface area contributed by atoms with Gasteiger partial charge in [0.1, 0.15) is 0 Å². The molecule has 1 aromatic carbocycles. The Hall–Kier alpha value is -1.31. The van der Waals surface area contributed by atoms with E-state index in [0.717, 1.165) is 12.8 Å². The molecule has 0 spiro atoms. The quantitative estimate of drug-likeness (QED) is 0.562. The minimum atomic E-state index is -0.182. The first-order valence-electron chi connectivity index (χ1n) is 5.31. The molecule has 0 amide bonds. The minimum absolute atomic E-state index is 0.182. The first kappa shape index (κ1) is 13.7. The molecule has 0 atom stereocenters. The Balaban J connectivity index is 0.000000262. The molecule has 15 heavy (non-hydrogen) atoms. The van der Waals surface area contributed by atoms with Gasteiger partial charge < -0.3 is 4.74 Å². The molecule has 0 aromatic heterocycles. The average molecular weight is 208 g/mol. The molecule has 2 heteroatoms. The van der Waals surface area contributed by atoms with Crippen molar-refractivity contribution in [2.75, 3.05) is 6.61 Å². The van der Waals surface area contributed by atoms with E-state index in [-0.39, 0.29) is 5.97 Å². The van der Waals surface area contributed by atoms with Gasteiger partial charge in [-0.2, -0.15) is 0 Å². The molecule has 0 bridgehead atoms. The van der Waals surface area contributed by atoms with Crippen LogP contribution in [-0.2, 0) is 9.53 Å². The first-order chi connectivity index (χ1) is 7.16. The van der Waals surface area contributed by atoms with Crippen LogP contribution in [0.4, 0.5) is 0 Å². The Morgan fingerprint density at radius 2 is 1.87 bits per heavy atom. The Kier molecular flexibility index (Phi) is 8.44. The lowest BCUT2D eigenvalue weighted by Gasteiger charge is -1.96. The second-order valence-electron chi connectivity index (χ2n) is 3.35. The predicted octanol–water partition coefficient (Wildman–Crippen LogP) is 3.34. The molecule has 0 aliphatic heterocycles. The fourth-order valence-electron chi connectivity index (χ4n) is 0.895. The number of rotatable bonds is 3. The molecule has 0 radical (unpaired) electrons. The van der Waals surface area contributed by atoms with Crippen molar-refractivity contribution >= 4 is 5.97 Å². The highest BCUT2D eigenvalue weighted by Crippen LogP contribution is 1.92. The molecular formula is C13H20O2. The van der Waals surface area contributed by atoms with Gasteiger partial charge in [0, 0.05) is 6.92 Å². The number of benzene rings is 1. The van der Waals surface area contributed by atoms with E-state index in [9.17, 15) is 4.79 Å². The van der Waals surface area contributed by atoms with E-state index in [4.69, 9.17) is 0 Å². The van der Waals surface area contributed by atoms with Gasteiger partial charge in [-0.15, -0.1) is 0 Å². The fourth-order valence-corrected chi connectivity index (χ4v) is 0.895. The highest BCUT2D eigenvalue weighted by Gasteiger charge is 1.88. The molecule has 0 fully saturated rings. The van der Waals surface area contributed by atoms with Crippen LogP contribution in [-0.4, -0.2) is 12.6 Å². The lowest BCUT2D eigenvalue weighted by Crippen LogP contribution is -1.99. The maximum absolute atomic E-state index is 10.1. The molecule has 1 rings (SSSR count). The molecule has 1 aromatic rings. The van der Waals surface area contributed by atoms with Crippen LogP contribution >= 0.6 is 0 Å². The van der Waals surface area contributed by atoms with Gasteiger partial charge in [-0.25, -0.2) is 0 Å². The summed E-state index contributed by atoms with van der Waals surface area (Å²) in [6.07, 6.45) is 2.05. The topological polar surface area (TPSA) is 26.3 Å². The highest BCUT2D eigenvalue weighted by atomic mass is 16.5. The third-order valence-corrected chi connectivity index (χ3v) is 1.74. The molecule has 0 aliphatic carbocycles. The van der Waals surface area contributed by atoms with Crippen LogP contribution in [0.2, 0.25) is 0 Å². The van der Waals surface area contributed by atoms with Gasteiger partial charge in [0.25, 0.3) is 0 Å². The number of ether oxygens (including phenoxy) is 1. The molecule has 0 unspecified atom stereocenters. The number of hydrogen-bond donors (Lipinski definition) is 0. The standard InChI is InChI=1S/C7H8.C6H12O2/c1-7-5-3-2-4-6-7;1-3-4-5-8-6(2)7/h2-6H,1H3;3-5H2,1-2H3. The molecular weight excluding hydrogens is 188 g/mol. The van der Waals surface area contributed by atoms with Crippen LogP contribution in [0.3, 0.4) is 0 Å². The summed E-state index contributed by atoms with van der Waals surface area (Å²) in [6.45, 7) is 6.14. The smallest absolute Gasteiger partial charge is 0.302 e. The number of hydrogen-bond acceptors (Lipinski definition) is 2. The van der Waals surface area contributed by atoms with Gasteiger partial charge in [-0.3, -0.25) is 4.79 Å². The number of carbonyl (C=O) groups is 1. The molecule has 0 saturated carbocycles. The number of aryl methyl sites for hydroxylation is 1. The van der Waals surface area contributed by atoms with Crippen molar-refractivity contribution in [3.05, 3.63) is 35.9 Å². The van der Waals surface area contributed by atoms with Gasteiger partial charge in [-0.05, 0) is 13.3 Å². The zero-order valence-corrected chi connectivity index (χ0v) is 9.82. The SMILES string of the molecule is CCCCOC(C)=O.Cc1ccccc1. The van der Waals surface area contributed by atoms with Crippen LogP contribution in [0.15, 0.2) is 30.3 Å². The second kappa shape index (κ2) is 9.25. The van der Waals surface area contributed by atoms with E-state index in [1.165, 1.54) is 12.5 Å². The van der Waals surface area contributed by atoms with Gasteiger partial charge in [-0.1, -0.05) is 49.2 Å². The molecule has 0 N–H and O–H groups in total. The minimum Gasteiger partial charge on any atom is -0.466 e. The maximum Gasteiger partial charge on any atom is 0.302 e. The third-order valence-electron chi connectivity index (χ3n) is 1.74. The summed E-state index contributed by atoms with van der Waals surface area (Å²) in [5.41, 5.74) is 1.32. The van der Waals surface area contributed by atoms with Crippen molar-refractivity contribution < 1.29 is 9.53 Å². The number of esters is 1. The third kappa shape index (κ3) is 10.6. The van der Waals surface area contributed by atoms with Gasteiger partial charge in [0.2, 0.25) is 0 Å². The van der Waals surface area contributed by atoms with Crippen LogP contribution in [0, 0.1) is 6.92 Å². The Morgan fingerprint density at radius 3 is 2.20 bits per heavy atom. The second-order valence-corrected chi connectivity index (χ2v) is 3.35. The van der Waals surface area contributed by atoms with E-state index in [1.54, 1.807) is 0 Å². The number of unbranched alkanes of at least 4 members (excludes halogenated alkanes) is 1. The van der Waals surface area contributed by atoms with E-state index in [2.05, 4.69) is 30.7 Å².